The molecule has 0 unspecified atom stereocenters. The van der Waals surface area contributed by atoms with Gasteiger partial charge in [-0.05, 0) is 55.2 Å². The minimum absolute atomic E-state index is 0.0513. The molecule has 2 aromatic rings. The van der Waals surface area contributed by atoms with E-state index in [0.29, 0.717) is 18.8 Å². The monoisotopic (exact) mass is 452 g/mol. The van der Waals surface area contributed by atoms with Gasteiger partial charge in [0.2, 0.25) is 5.91 Å². The Labute approximate surface area is 194 Å². The molecule has 0 bridgehead atoms. The molecular weight excluding hydrogens is 420 g/mol. The highest BCUT2D eigenvalue weighted by molar-refractivity contribution is 6.09. The van der Waals surface area contributed by atoms with Crippen LogP contribution in [0.25, 0.3) is 5.69 Å². The Morgan fingerprint density at radius 1 is 1.24 bits per heavy atom. The van der Waals surface area contributed by atoms with E-state index in [1.807, 2.05) is 31.2 Å². The molecule has 9 nitrogen and oxygen atoms in total. The highest BCUT2D eigenvalue weighted by atomic mass is 16.2. The fraction of sp³-hybridized carbons (Fsp3) is 0.542. The Kier molecular flexibility index (Phi) is 5.76. The third-order valence-electron chi connectivity index (χ3n) is 6.95. The lowest BCUT2D eigenvalue weighted by atomic mass is 9.64. The van der Waals surface area contributed by atoms with E-state index >= 15 is 0 Å². The largest absolute Gasteiger partial charge is 0.337 e. The SMILES string of the molecule is C[C@@H]1CC(C)(C)C[C@@]2(C1)NC(=O)N(CC(=O)N(C)[C@H](C)c1ccc(-n3cncn3)cc1)C2=O. The van der Waals surface area contributed by atoms with Gasteiger partial charge in [-0.25, -0.2) is 14.5 Å². The number of hydrogen-bond donors (Lipinski definition) is 1. The highest BCUT2D eigenvalue weighted by Crippen LogP contribution is 2.46. The molecule has 33 heavy (non-hydrogen) atoms. The average molecular weight is 453 g/mol. The smallest absolute Gasteiger partial charge is 0.325 e. The topological polar surface area (TPSA) is 100 Å². The molecule has 4 amide bonds. The first-order chi connectivity index (χ1) is 15.5. The molecule has 0 radical (unpaired) electrons. The lowest BCUT2D eigenvalue weighted by Gasteiger charge is -2.43. The van der Waals surface area contributed by atoms with Crippen LogP contribution < -0.4 is 5.32 Å². The summed E-state index contributed by atoms with van der Waals surface area (Å²) in [6.07, 6.45) is 5.29. The van der Waals surface area contributed by atoms with Crippen molar-refractivity contribution in [3.63, 3.8) is 0 Å². The quantitative estimate of drug-likeness (QED) is 0.703. The second kappa shape index (κ2) is 8.28. The van der Waals surface area contributed by atoms with E-state index in [9.17, 15) is 14.4 Å². The van der Waals surface area contributed by atoms with Gasteiger partial charge in [0.25, 0.3) is 5.91 Å². The number of carbonyl (C=O) groups excluding carboxylic acids is 3. The molecule has 2 heterocycles. The van der Waals surface area contributed by atoms with Crippen molar-refractivity contribution in [2.45, 2.75) is 58.5 Å². The number of carbonyl (C=O) groups is 3. The molecule has 3 atom stereocenters. The van der Waals surface area contributed by atoms with Crippen LogP contribution in [0.1, 0.15) is 58.6 Å². The van der Waals surface area contributed by atoms with Gasteiger partial charge in [-0.1, -0.05) is 32.9 Å². The molecule has 9 heteroatoms. The molecule has 1 saturated carbocycles. The zero-order valence-corrected chi connectivity index (χ0v) is 19.9. The Hall–Kier alpha value is -3.23. The normalized spacial score (nSPS) is 25.2. The number of benzene rings is 1. The van der Waals surface area contributed by atoms with Crippen LogP contribution in [-0.4, -0.2) is 61.5 Å². The molecule has 1 aromatic carbocycles. The summed E-state index contributed by atoms with van der Waals surface area (Å²) in [5.74, 6) is -0.248. The van der Waals surface area contributed by atoms with E-state index in [1.54, 1.807) is 23.0 Å². The van der Waals surface area contributed by atoms with Crippen LogP contribution in [0, 0.1) is 11.3 Å². The van der Waals surface area contributed by atoms with E-state index in [2.05, 4.69) is 36.2 Å². The van der Waals surface area contributed by atoms with Crippen molar-refractivity contribution in [1.29, 1.82) is 0 Å². The van der Waals surface area contributed by atoms with Crippen molar-refractivity contribution in [2.24, 2.45) is 11.3 Å². The molecule has 1 aliphatic heterocycles. The molecule has 2 fully saturated rings. The van der Waals surface area contributed by atoms with Crippen LogP contribution in [-0.2, 0) is 9.59 Å². The van der Waals surface area contributed by atoms with Gasteiger partial charge in [-0.3, -0.25) is 14.5 Å². The summed E-state index contributed by atoms with van der Waals surface area (Å²) in [5.41, 5.74) is 0.850. The van der Waals surface area contributed by atoms with Gasteiger partial charge in [-0.2, -0.15) is 5.10 Å². The van der Waals surface area contributed by atoms with Gasteiger partial charge < -0.3 is 10.2 Å². The molecule has 2 aliphatic rings. The number of imide groups is 1. The fourth-order valence-corrected chi connectivity index (χ4v) is 5.58. The third-order valence-corrected chi connectivity index (χ3v) is 6.95. The summed E-state index contributed by atoms with van der Waals surface area (Å²) >= 11 is 0. The Morgan fingerprint density at radius 3 is 2.55 bits per heavy atom. The number of urea groups is 1. The maximum absolute atomic E-state index is 13.3. The molecule has 1 N–H and O–H groups in total. The van der Waals surface area contributed by atoms with Crippen LogP contribution in [0.2, 0.25) is 0 Å². The van der Waals surface area contributed by atoms with Gasteiger partial charge >= 0.3 is 6.03 Å². The number of hydrogen-bond acceptors (Lipinski definition) is 5. The Balaban J connectivity index is 1.44. The standard InChI is InChI=1S/C24H32N6O3/c1-16-10-23(3,4)13-24(11-16)21(32)29(22(33)27-24)12-20(31)28(5)17(2)18-6-8-19(9-7-18)30-15-25-14-26-30/h6-9,14-17H,10-13H2,1-5H3,(H,27,33)/t16-,17-,24-/m1/s1. The van der Waals surface area contributed by atoms with E-state index in [0.717, 1.165) is 22.6 Å². The van der Waals surface area contributed by atoms with Gasteiger partial charge in [0.15, 0.2) is 0 Å². The average Bonchev–Trinajstić information content (AvgIpc) is 3.35. The van der Waals surface area contributed by atoms with Crippen LogP contribution in [0.5, 0.6) is 0 Å². The highest BCUT2D eigenvalue weighted by Gasteiger charge is 2.56. The maximum Gasteiger partial charge on any atom is 0.325 e. The lowest BCUT2D eigenvalue weighted by Crippen LogP contribution is -2.54. The van der Waals surface area contributed by atoms with Crippen LogP contribution >= 0.6 is 0 Å². The van der Waals surface area contributed by atoms with Crippen molar-refractivity contribution in [1.82, 2.24) is 29.9 Å². The predicted molar refractivity (Wildman–Crippen MR) is 122 cm³/mol. The summed E-state index contributed by atoms with van der Waals surface area (Å²) in [5, 5.41) is 7.04. The summed E-state index contributed by atoms with van der Waals surface area (Å²) in [4.78, 5) is 45.7. The van der Waals surface area contributed by atoms with Gasteiger partial charge in [-0.15, -0.1) is 0 Å². The molecule has 1 spiro atoms. The molecule has 1 saturated heterocycles. The number of aromatic nitrogens is 3. The number of rotatable bonds is 5. The number of nitrogens with one attached hydrogen (secondary N) is 1. The van der Waals surface area contributed by atoms with Crippen LogP contribution in [0.4, 0.5) is 4.79 Å². The van der Waals surface area contributed by atoms with Crippen LogP contribution in [0.15, 0.2) is 36.9 Å². The first-order valence-electron chi connectivity index (χ1n) is 11.4. The second-order valence-corrected chi connectivity index (χ2v) is 10.4. The van der Waals surface area contributed by atoms with Crippen molar-refractivity contribution < 1.29 is 14.4 Å². The summed E-state index contributed by atoms with van der Waals surface area (Å²) in [6.45, 7) is 8.02. The molecule has 4 rings (SSSR count). The first-order valence-corrected chi connectivity index (χ1v) is 11.4. The minimum Gasteiger partial charge on any atom is -0.337 e. The van der Waals surface area contributed by atoms with Crippen LogP contribution in [0.3, 0.4) is 0 Å². The zero-order valence-electron chi connectivity index (χ0n) is 19.9. The predicted octanol–water partition coefficient (Wildman–Crippen LogP) is 2.92. The third kappa shape index (κ3) is 4.36. The lowest BCUT2D eigenvalue weighted by molar-refractivity contribution is -0.141. The van der Waals surface area contributed by atoms with Crippen molar-refractivity contribution in [3.05, 3.63) is 42.5 Å². The van der Waals surface area contributed by atoms with E-state index in [-0.39, 0.29) is 29.8 Å². The zero-order chi connectivity index (χ0) is 24.0. The first kappa shape index (κ1) is 22.9. The van der Waals surface area contributed by atoms with Gasteiger partial charge in [0, 0.05) is 7.05 Å². The van der Waals surface area contributed by atoms with Crippen molar-refractivity contribution in [3.8, 4) is 5.69 Å². The number of amides is 4. The van der Waals surface area contributed by atoms with E-state index in [4.69, 9.17) is 0 Å². The summed E-state index contributed by atoms with van der Waals surface area (Å²) in [7, 11) is 1.69. The minimum atomic E-state index is -0.903. The molecule has 176 valence electrons. The number of nitrogens with zero attached hydrogens (tertiary/aromatic N) is 5. The summed E-state index contributed by atoms with van der Waals surface area (Å²) < 4.78 is 1.66. The van der Waals surface area contributed by atoms with E-state index < -0.39 is 11.6 Å². The van der Waals surface area contributed by atoms with Crippen molar-refractivity contribution >= 4 is 17.8 Å². The fourth-order valence-electron chi connectivity index (χ4n) is 5.58. The van der Waals surface area contributed by atoms with E-state index in [1.165, 1.54) is 6.33 Å². The summed E-state index contributed by atoms with van der Waals surface area (Å²) in [6, 6.07) is 6.97. The van der Waals surface area contributed by atoms with Gasteiger partial charge in [0.1, 0.15) is 24.7 Å². The maximum atomic E-state index is 13.3. The second-order valence-electron chi connectivity index (χ2n) is 10.4. The van der Waals surface area contributed by atoms with Crippen molar-refractivity contribution in [2.75, 3.05) is 13.6 Å². The Bertz CT molecular complexity index is 1050. The molecular formula is C24H32N6O3. The molecule has 1 aliphatic carbocycles. The van der Waals surface area contributed by atoms with Gasteiger partial charge in [0.05, 0.1) is 11.7 Å². The number of likely N-dealkylation sites (N-methyl/N-ethyl adjacent to an activating group) is 1. The Morgan fingerprint density at radius 2 is 1.94 bits per heavy atom. The molecule has 1 aromatic heterocycles.